The Morgan fingerprint density at radius 1 is 1.60 bits per heavy atom. The fourth-order valence-electron chi connectivity index (χ4n) is 2.82. The quantitative estimate of drug-likeness (QED) is 0.857. The second-order valence-electron chi connectivity index (χ2n) is 4.98. The van der Waals surface area contributed by atoms with E-state index >= 15 is 0 Å². The van der Waals surface area contributed by atoms with Crippen molar-refractivity contribution >= 4 is 23.2 Å². The molecule has 20 heavy (non-hydrogen) atoms. The number of hydrogen-bond donors (Lipinski definition) is 2. The van der Waals surface area contributed by atoms with Gasteiger partial charge in [0.25, 0.3) is 5.91 Å². The molecule has 1 atom stereocenters. The van der Waals surface area contributed by atoms with Crippen LogP contribution in [-0.4, -0.2) is 39.0 Å². The summed E-state index contributed by atoms with van der Waals surface area (Å²) >= 11 is 1.33. The molecule has 1 aromatic heterocycles. The van der Waals surface area contributed by atoms with E-state index in [4.69, 9.17) is 5.73 Å². The Balaban J connectivity index is 2.29. The van der Waals surface area contributed by atoms with Crippen molar-refractivity contribution in [2.45, 2.75) is 44.7 Å². The molecule has 1 aliphatic heterocycles. The van der Waals surface area contributed by atoms with E-state index in [0.29, 0.717) is 36.5 Å². The van der Waals surface area contributed by atoms with Gasteiger partial charge in [0, 0.05) is 18.5 Å². The highest BCUT2D eigenvalue weighted by molar-refractivity contribution is 7.09. The van der Waals surface area contributed by atoms with Crippen molar-refractivity contribution in [1.29, 1.82) is 0 Å². The van der Waals surface area contributed by atoms with Crippen LogP contribution in [0.2, 0.25) is 0 Å². The lowest BCUT2D eigenvalue weighted by Crippen LogP contribution is -2.53. The van der Waals surface area contributed by atoms with Crippen molar-refractivity contribution in [3.63, 3.8) is 0 Å². The lowest BCUT2D eigenvalue weighted by atomic mass is 9.90. The molecular weight excluding hydrogens is 278 g/mol. The molecule has 1 amide bonds. The molecule has 0 radical (unpaired) electrons. The van der Waals surface area contributed by atoms with E-state index in [1.165, 1.54) is 16.2 Å². The van der Waals surface area contributed by atoms with Crippen molar-refractivity contribution in [2.75, 3.05) is 6.54 Å². The van der Waals surface area contributed by atoms with Gasteiger partial charge in [-0.05, 0) is 19.3 Å². The number of rotatable bonds is 5. The van der Waals surface area contributed by atoms with Crippen LogP contribution in [0.15, 0.2) is 5.38 Å². The molecule has 1 aromatic rings. The minimum absolute atomic E-state index is 0.289. The maximum Gasteiger partial charge on any atom is 0.329 e. The molecule has 1 saturated heterocycles. The Morgan fingerprint density at radius 3 is 2.90 bits per heavy atom. The van der Waals surface area contributed by atoms with Crippen LogP contribution in [0.5, 0.6) is 0 Å². The molecule has 1 fully saturated rings. The number of amides is 1. The Labute approximate surface area is 121 Å². The number of aliphatic carboxylic acids is 1. The number of likely N-dealkylation sites (tertiary alicyclic amines) is 1. The van der Waals surface area contributed by atoms with Crippen molar-refractivity contribution < 1.29 is 14.7 Å². The van der Waals surface area contributed by atoms with Gasteiger partial charge in [0.1, 0.15) is 16.2 Å². The first-order valence-electron chi connectivity index (χ1n) is 6.75. The zero-order chi connectivity index (χ0) is 14.8. The zero-order valence-electron chi connectivity index (χ0n) is 11.5. The molecule has 1 aliphatic rings. The maximum atomic E-state index is 12.5. The summed E-state index contributed by atoms with van der Waals surface area (Å²) in [5.41, 5.74) is 4.73. The van der Waals surface area contributed by atoms with Gasteiger partial charge < -0.3 is 15.7 Å². The molecule has 0 bridgehead atoms. The highest BCUT2D eigenvalue weighted by Gasteiger charge is 2.49. The monoisotopic (exact) mass is 297 g/mol. The fourth-order valence-corrected chi connectivity index (χ4v) is 3.47. The molecule has 0 spiro atoms. The van der Waals surface area contributed by atoms with Crippen LogP contribution in [0, 0.1) is 0 Å². The largest absolute Gasteiger partial charge is 0.479 e. The number of thiazole rings is 1. The number of carboxylic acids is 1. The molecule has 3 N–H and O–H groups in total. The van der Waals surface area contributed by atoms with E-state index in [9.17, 15) is 14.7 Å². The van der Waals surface area contributed by atoms with E-state index in [1.54, 1.807) is 5.38 Å². The van der Waals surface area contributed by atoms with E-state index in [1.807, 2.05) is 6.92 Å². The van der Waals surface area contributed by atoms with Crippen molar-refractivity contribution in [3.8, 4) is 0 Å². The molecule has 0 saturated carbocycles. The predicted octanol–water partition coefficient (Wildman–Crippen LogP) is 1.46. The minimum Gasteiger partial charge on any atom is -0.479 e. The van der Waals surface area contributed by atoms with Crippen molar-refractivity contribution in [3.05, 3.63) is 16.1 Å². The summed E-state index contributed by atoms with van der Waals surface area (Å²) in [6.07, 6.45) is 2.42. The van der Waals surface area contributed by atoms with Crippen LogP contribution in [0.3, 0.4) is 0 Å². The Kier molecular flexibility index (Phi) is 4.39. The normalized spacial score (nSPS) is 22.2. The Bertz CT molecular complexity index is 517. The number of carboxylic acid groups (broad SMARTS) is 1. The first-order chi connectivity index (χ1) is 9.55. The lowest BCUT2D eigenvalue weighted by Gasteiger charge is -2.34. The van der Waals surface area contributed by atoms with Gasteiger partial charge in [-0.15, -0.1) is 11.3 Å². The van der Waals surface area contributed by atoms with Gasteiger partial charge in [0.15, 0.2) is 0 Å². The number of nitrogens with two attached hydrogens (primary N) is 1. The molecule has 1 unspecified atom stereocenters. The molecule has 2 rings (SSSR count). The number of aromatic nitrogens is 1. The first kappa shape index (κ1) is 14.9. The highest BCUT2D eigenvalue weighted by atomic mass is 32.1. The second-order valence-corrected chi connectivity index (χ2v) is 5.92. The van der Waals surface area contributed by atoms with E-state index < -0.39 is 11.5 Å². The third-order valence-electron chi connectivity index (χ3n) is 3.74. The van der Waals surface area contributed by atoms with Crippen molar-refractivity contribution in [1.82, 2.24) is 9.88 Å². The number of nitrogens with zero attached hydrogens (tertiary/aromatic N) is 2. The van der Waals surface area contributed by atoms with E-state index in [-0.39, 0.29) is 12.5 Å². The average Bonchev–Trinajstić information content (AvgIpc) is 3.05. The third-order valence-corrected chi connectivity index (χ3v) is 4.61. The first-order valence-corrected chi connectivity index (χ1v) is 7.63. The van der Waals surface area contributed by atoms with Crippen molar-refractivity contribution in [2.24, 2.45) is 5.73 Å². The molecule has 2 heterocycles. The summed E-state index contributed by atoms with van der Waals surface area (Å²) in [6, 6.07) is 0. The van der Waals surface area contributed by atoms with Crippen LogP contribution in [0.25, 0.3) is 0 Å². The van der Waals surface area contributed by atoms with Gasteiger partial charge >= 0.3 is 5.97 Å². The summed E-state index contributed by atoms with van der Waals surface area (Å²) in [5, 5.41) is 11.9. The Morgan fingerprint density at radius 2 is 2.35 bits per heavy atom. The standard InChI is InChI=1S/C13H19N3O3S/c1-2-4-13(12(18)19)5-3-6-16(13)11(17)9-8-20-10(7-14)15-9/h8H,2-7,14H2,1H3,(H,18,19). The van der Waals surface area contributed by atoms with Crippen LogP contribution in [0.1, 0.15) is 48.1 Å². The minimum atomic E-state index is -1.07. The summed E-state index contributed by atoms with van der Waals surface area (Å²) in [7, 11) is 0. The average molecular weight is 297 g/mol. The SMILES string of the molecule is CCCC1(C(=O)O)CCCN1C(=O)c1csc(CN)n1. The summed E-state index contributed by atoms with van der Waals surface area (Å²) in [5.74, 6) is -1.21. The number of carbonyl (C=O) groups excluding carboxylic acids is 1. The fraction of sp³-hybridized carbons (Fsp3) is 0.615. The van der Waals surface area contributed by atoms with Gasteiger partial charge in [-0.25, -0.2) is 9.78 Å². The third kappa shape index (κ3) is 2.43. The second kappa shape index (κ2) is 5.88. The zero-order valence-corrected chi connectivity index (χ0v) is 12.3. The summed E-state index contributed by atoms with van der Waals surface area (Å²) in [6.45, 7) is 2.69. The lowest BCUT2D eigenvalue weighted by molar-refractivity contribution is -0.148. The van der Waals surface area contributed by atoms with Gasteiger partial charge in [-0.2, -0.15) is 0 Å². The van der Waals surface area contributed by atoms with Gasteiger partial charge in [0.05, 0.1) is 0 Å². The molecular formula is C13H19N3O3S. The van der Waals surface area contributed by atoms with E-state index in [2.05, 4.69) is 4.98 Å². The number of carbonyl (C=O) groups is 2. The van der Waals surface area contributed by atoms with Gasteiger partial charge in [-0.3, -0.25) is 4.79 Å². The summed E-state index contributed by atoms with van der Waals surface area (Å²) < 4.78 is 0. The predicted molar refractivity (Wildman–Crippen MR) is 75.6 cm³/mol. The molecule has 0 aliphatic carbocycles. The van der Waals surface area contributed by atoms with Crippen LogP contribution < -0.4 is 5.73 Å². The van der Waals surface area contributed by atoms with Crippen LogP contribution in [-0.2, 0) is 11.3 Å². The van der Waals surface area contributed by atoms with Crippen LogP contribution >= 0.6 is 11.3 Å². The maximum absolute atomic E-state index is 12.5. The van der Waals surface area contributed by atoms with Crippen LogP contribution in [0.4, 0.5) is 0 Å². The van der Waals surface area contributed by atoms with E-state index in [0.717, 1.165) is 6.42 Å². The smallest absolute Gasteiger partial charge is 0.329 e. The Hall–Kier alpha value is -1.47. The number of hydrogen-bond acceptors (Lipinski definition) is 5. The highest BCUT2D eigenvalue weighted by Crippen LogP contribution is 2.35. The topological polar surface area (TPSA) is 96.5 Å². The summed E-state index contributed by atoms with van der Waals surface area (Å²) in [4.78, 5) is 29.9. The van der Waals surface area contributed by atoms with Gasteiger partial charge in [0.2, 0.25) is 0 Å². The molecule has 6 nitrogen and oxygen atoms in total. The molecule has 110 valence electrons. The molecule has 7 heteroatoms. The molecule has 0 aromatic carbocycles. The van der Waals surface area contributed by atoms with Gasteiger partial charge in [-0.1, -0.05) is 13.3 Å².